The zero-order valence-corrected chi connectivity index (χ0v) is 14.4. The van der Waals surface area contributed by atoms with Gasteiger partial charge in [0, 0.05) is 43.2 Å². The van der Waals surface area contributed by atoms with Crippen LogP contribution in [0.25, 0.3) is 11.1 Å². The third-order valence-electron chi connectivity index (χ3n) is 4.40. The first-order valence-corrected chi connectivity index (χ1v) is 8.48. The summed E-state index contributed by atoms with van der Waals surface area (Å²) in [5.41, 5.74) is 3.87. The number of hydrogen-bond acceptors (Lipinski definition) is 3. The molecular formula is C20H24N2O2. The van der Waals surface area contributed by atoms with Crippen LogP contribution in [0, 0.1) is 12.8 Å². The van der Waals surface area contributed by atoms with Gasteiger partial charge in [-0.05, 0) is 49.4 Å². The molecule has 1 aliphatic rings. The van der Waals surface area contributed by atoms with Gasteiger partial charge in [-0.3, -0.25) is 9.78 Å². The van der Waals surface area contributed by atoms with Gasteiger partial charge < -0.3 is 9.64 Å². The minimum Gasteiger partial charge on any atom is -0.383 e. The average molecular weight is 324 g/mol. The minimum absolute atomic E-state index is 0.0903. The largest absolute Gasteiger partial charge is 0.383 e. The van der Waals surface area contributed by atoms with E-state index in [9.17, 15) is 4.79 Å². The number of carbonyl (C=O) groups excluding carboxylic acids is 1. The van der Waals surface area contributed by atoms with Crippen LogP contribution in [0.4, 0.5) is 0 Å². The average Bonchev–Trinajstić information content (AvgIpc) is 3.43. The third kappa shape index (κ3) is 4.20. The molecule has 4 heteroatoms. The molecule has 0 bridgehead atoms. The van der Waals surface area contributed by atoms with Gasteiger partial charge in [0.15, 0.2) is 0 Å². The Morgan fingerprint density at radius 3 is 2.46 bits per heavy atom. The van der Waals surface area contributed by atoms with E-state index < -0.39 is 0 Å². The Bertz CT molecular complexity index is 676. The Balaban J connectivity index is 1.72. The van der Waals surface area contributed by atoms with Crippen LogP contribution in [-0.4, -0.2) is 42.6 Å². The standard InChI is InChI=1S/C20H24N2O2/c1-15-3-6-19(13-21-15)17-7-9-18(10-8-17)20(23)22(11-12-24-2)14-16-4-5-16/h3,6-10,13,16H,4-5,11-12,14H2,1-2H3. The van der Waals surface area contributed by atoms with Crippen LogP contribution in [0.15, 0.2) is 42.6 Å². The number of benzene rings is 1. The van der Waals surface area contributed by atoms with E-state index in [4.69, 9.17) is 4.74 Å². The summed E-state index contributed by atoms with van der Waals surface area (Å²) in [5, 5.41) is 0. The van der Waals surface area contributed by atoms with Crippen molar-refractivity contribution in [2.75, 3.05) is 26.8 Å². The lowest BCUT2D eigenvalue weighted by atomic mass is 10.0. The molecule has 126 valence electrons. The second-order valence-corrected chi connectivity index (χ2v) is 6.45. The molecule has 3 rings (SSSR count). The molecule has 0 saturated heterocycles. The van der Waals surface area contributed by atoms with Gasteiger partial charge in [0.25, 0.3) is 5.91 Å². The van der Waals surface area contributed by atoms with Gasteiger partial charge in [0.2, 0.25) is 0 Å². The fourth-order valence-corrected chi connectivity index (χ4v) is 2.72. The summed E-state index contributed by atoms with van der Waals surface area (Å²) in [7, 11) is 1.67. The molecule has 0 radical (unpaired) electrons. The van der Waals surface area contributed by atoms with Gasteiger partial charge in [-0.15, -0.1) is 0 Å². The highest BCUT2D eigenvalue weighted by Gasteiger charge is 2.27. The summed E-state index contributed by atoms with van der Waals surface area (Å²) in [6.07, 6.45) is 4.33. The molecule has 1 saturated carbocycles. The number of pyridine rings is 1. The number of aromatic nitrogens is 1. The van der Waals surface area contributed by atoms with Gasteiger partial charge in [0.05, 0.1) is 6.61 Å². The normalized spacial score (nSPS) is 13.8. The highest BCUT2D eigenvalue weighted by molar-refractivity contribution is 5.94. The maximum absolute atomic E-state index is 12.8. The highest BCUT2D eigenvalue weighted by Crippen LogP contribution is 2.30. The second-order valence-electron chi connectivity index (χ2n) is 6.45. The monoisotopic (exact) mass is 324 g/mol. The second kappa shape index (κ2) is 7.58. The van der Waals surface area contributed by atoms with Crippen molar-refractivity contribution in [3.8, 4) is 11.1 Å². The van der Waals surface area contributed by atoms with Gasteiger partial charge in [-0.25, -0.2) is 0 Å². The van der Waals surface area contributed by atoms with E-state index in [1.165, 1.54) is 12.8 Å². The Morgan fingerprint density at radius 2 is 1.88 bits per heavy atom. The number of ether oxygens (including phenoxy) is 1. The summed E-state index contributed by atoms with van der Waals surface area (Å²) < 4.78 is 5.15. The molecule has 0 unspecified atom stereocenters. The quantitative estimate of drug-likeness (QED) is 0.782. The Labute approximate surface area is 143 Å². The van der Waals surface area contributed by atoms with E-state index in [-0.39, 0.29) is 5.91 Å². The van der Waals surface area contributed by atoms with Gasteiger partial charge >= 0.3 is 0 Å². The van der Waals surface area contributed by atoms with Crippen LogP contribution in [0.1, 0.15) is 28.9 Å². The maximum atomic E-state index is 12.8. The van der Waals surface area contributed by atoms with Gasteiger partial charge in [-0.2, -0.15) is 0 Å². The first-order valence-electron chi connectivity index (χ1n) is 8.48. The number of methoxy groups -OCH3 is 1. The highest BCUT2D eigenvalue weighted by atomic mass is 16.5. The Kier molecular flexibility index (Phi) is 5.26. The van der Waals surface area contributed by atoms with E-state index in [1.54, 1.807) is 7.11 Å². The predicted molar refractivity (Wildman–Crippen MR) is 94.9 cm³/mol. The Morgan fingerprint density at radius 1 is 1.17 bits per heavy atom. The van der Waals surface area contributed by atoms with Crippen molar-refractivity contribution in [3.05, 3.63) is 53.9 Å². The van der Waals surface area contributed by atoms with Crippen LogP contribution in [0.3, 0.4) is 0 Å². The van der Waals surface area contributed by atoms with E-state index in [1.807, 2.05) is 48.4 Å². The molecule has 2 aromatic rings. The molecule has 1 amide bonds. The lowest BCUT2D eigenvalue weighted by molar-refractivity contribution is 0.0686. The van der Waals surface area contributed by atoms with Crippen molar-refractivity contribution < 1.29 is 9.53 Å². The molecule has 0 aliphatic heterocycles. The summed E-state index contributed by atoms with van der Waals surface area (Å²) >= 11 is 0. The van der Waals surface area contributed by atoms with Crippen molar-refractivity contribution >= 4 is 5.91 Å². The molecular weight excluding hydrogens is 300 g/mol. The summed E-state index contributed by atoms with van der Waals surface area (Å²) in [6, 6.07) is 11.8. The molecule has 4 nitrogen and oxygen atoms in total. The van der Waals surface area contributed by atoms with Crippen LogP contribution in [0.5, 0.6) is 0 Å². The molecule has 1 aliphatic carbocycles. The SMILES string of the molecule is COCCN(CC1CC1)C(=O)c1ccc(-c2ccc(C)nc2)cc1. The van der Waals surface area contributed by atoms with Crippen molar-refractivity contribution in [3.63, 3.8) is 0 Å². The lowest BCUT2D eigenvalue weighted by Gasteiger charge is -2.22. The number of nitrogens with zero attached hydrogens (tertiary/aromatic N) is 2. The summed E-state index contributed by atoms with van der Waals surface area (Å²) in [5.74, 6) is 0.760. The van der Waals surface area contributed by atoms with Crippen LogP contribution in [-0.2, 0) is 4.74 Å². The first-order chi connectivity index (χ1) is 11.7. The smallest absolute Gasteiger partial charge is 0.253 e. The van der Waals surface area contributed by atoms with E-state index in [0.717, 1.165) is 28.9 Å². The van der Waals surface area contributed by atoms with Gasteiger partial charge in [0.1, 0.15) is 0 Å². The molecule has 1 fully saturated rings. The van der Waals surface area contributed by atoms with Crippen LogP contribution in [0.2, 0.25) is 0 Å². The third-order valence-corrected chi connectivity index (χ3v) is 4.40. The number of carbonyl (C=O) groups is 1. The number of amides is 1. The summed E-state index contributed by atoms with van der Waals surface area (Å²) in [4.78, 5) is 19.0. The molecule has 0 N–H and O–H groups in total. The zero-order valence-electron chi connectivity index (χ0n) is 14.4. The van der Waals surface area contributed by atoms with E-state index in [2.05, 4.69) is 11.1 Å². The van der Waals surface area contributed by atoms with Crippen molar-refractivity contribution in [1.29, 1.82) is 0 Å². The van der Waals surface area contributed by atoms with Gasteiger partial charge in [-0.1, -0.05) is 18.2 Å². The maximum Gasteiger partial charge on any atom is 0.253 e. The van der Waals surface area contributed by atoms with Crippen LogP contribution >= 0.6 is 0 Å². The number of hydrogen-bond donors (Lipinski definition) is 0. The molecule has 1 heterocycles. The fourth-order valence-electron chi connectivity index (χ4n) is 2.72. The number of aryl methyl sites for hydroxylation is 1. The fraction of sp³-hybridized carbons (Fsp3) is 0.400. The predicted octanol–water partition coefficient (Wildman–Crippen LogP) is 3.56. The molecule has 1 aromatic heterocycles. The molecule has 24 heavy (non-hydrogen) atoms. The lowest BCUT2D eigenvalue weighted by Crippen LogP contribution is -2.35. The Hall–Kier alpha value is -2.20. The summed E-state index contributed by atoms with van der Waals surface area (Å²) in [6.45, 7) is 4.03. The van der Waals surface area contributed by atoms with Crippen molar-refractivity contribution in [2.24, 2.45) is 5.92 Å². The first kappa shape index (κ1) is 16.7. The topological polar surface area (TPSA) is 42.4 Å². The molecule has 1 aromatic carbocycles. The van der Waals surface area contributed by atoms with E-state index in [0.29, 0.717) is 19.1 Å². The van der Waals surface area contributed by atoms with Crippen LogP contribution < -0.4 is 0 Å². The zero-order chi connectivity index (χ0) is 16.9. The molecule has 0 spiro atoms. The van der Waals surface area contributed by atoms with Crippen molar-refractivity contribution in [2.45, 2.75) is 19.8 Å². The molecule has 0 atom stereocenters. The van der Waals surface area contributed by atoms with Crippen molar-refractivity contribution in [1.82, 2.24) is 9.88 Å². The minimum atomic E-state index is 0.0903. The number of rotatable bonds is 7. The van der Waals surface area contributed by atoms with E-state index >= 15 is 0 Å².